The molecule has 1 fully saturated rings. The second-order valence-electron chi connectivity index (χ2n) is 7.41. The highest BCUT2D eigenvalue weighted by atomic mass is 32.2. The molecule has 0 bridgehead atoms. The number of aliphatic hydroxyl groups is 3. The van der Waals surface area contributed by atoms with Gasteiger partial charge in [-0.15, -0.1) is 11.8 Å². The van der Waals surface area contributed by atoms with Crippen LogP contribution in [0.4, 0.5) is 0 Å². The van der Waals surface area contributed by atoms with Gasteiger partial charge in [0, 0.05) is 25.2 Å². The van der Waals surface area contributed by atoms with E-state index in [2.05, 4.69) is 44.2 Å². The van der Waals surface area contributed by atoms with E-state index in [0.29, 0.717) is 11.7 Å². The summed E-state index contributed by atoms with van der Waals surface area (Å²) in [6.07, 6.45) is 4.02. The van der Waals surface area contributed by atoms with Gasteiger partial charge < -0.3 is 20.1 Å². The molecular weight excluding hydrogens is 384 g/mol. The Balaban J connectivity index is 0.00000145. The predicted molar refractivity (Wildman–Crippen MR) is 120 cm³/mol. The lowest BCUT2D eigenvalue weighted by molar-refractivity contribution is 0.123. The minimum Gasteiger partial charge on any atom is -0.479 e. The lowest BCUT2D eigenvalue weighted by Gasteiger charge is -2.22. The van der Waals surface area contributed by atoms with Crippen LogP contribution in [0, 0.1) is 0 Å². The van der Waals surface area contributed by atoms with Crippen molar-refractivity contribution >= 4 is 11.8 Å². The number of ether oxygens (including phenoxy) is 1. The Morgan fingerprint density at radius 3 is 2.31 bits per heavy atom. The summed E-state index contributed by atoms with van der Waals surface area (Å²) in [6, 6.07) is 14.7. The Morgan fingerprint density at radius 2 is 1.66 bits per heavy atom. The summed E-state index contributed by atoms with van der Waals surface area (Å²) in [5.41, 5.74) is 4.48. The molecule has 3 atom stereocenters. The quantitative estimate of drug-likeness (QED) is 0.652. The minimum atomic E-state index is -0.307. The van der Waals surface area contributed by atoms with Crippen molar-refractivity contribution in [2.45, 2.75) is 69.3 Å². The van der Waals surface area contributed by atoms with E-state index in [4.69, 9.17) is 9.84 Å². The van der Waals surface area contributed by atoms with E-state index in [0.717, 1.165) is 49.7 Å². The summed E-state index contributed by atoms with van der Waals surface area (Å²) < 4.78 is 6.36. The molecule has 1 saturated heterocycles. The molecule has 3 N–H and O–H groups in total. The summed E-state index contributed by atoms with van der Waals surface area (Å²) in [5.74, 6) is 0.819. The Kier molecular flexibility index (Phi) is 10.0. The molecule has 4 nitrogen and oxygen atoms in total. The molecular formula is C24H34O4S. The van der Waals surface area contributed by atoms with Gasteiger partial charge in [-0.25, -0.2) is 0 Å². The molecule has 1 heterocycles. The van der Waals surface area contributed by atoms with Crippen LogP contribution in [0.3, 0.4) is 0 Å². The first-order chi connectivity index (χ1) is 14.1. The third-order valence-corrected chi connectivity index (χ3v) is 6.45. The lowest BCUT2D eigenvalue weighted by Crippen LogP contribution is -2.19. The van der Waals surface area contributed by atoms with Crippen molar-refractivity contribution in [2.24, 2.45) is 0 Å². The zero-order chi connectivity index (χ0) is 21.2. The average molecular weight is 419 g/mol. The van der Waals surface area contributed by atoms with Crippen LogP contribution in [0.25, 0.3) is 0 Å². The summed E-state index contributed by atoms with van der Waals surface area (Å²) in [6.45, 7) is 4.35. The number of hydrogen-bond donors (Lipinski definition) is 3. The Hall–Kier alpha value is -1.53. The highest BCUT2D eigenvalue weighted by molar-refractivity contribution is 8.00. The minimum absolute atomic E-state index is 0.00132. The van der Waals surface area contributed by atoms with E-state index in [1.807, 2.05) is 12.1 Å². The second kappa shape index (κ2) is 12.2. The largest absolute Gasteiger partial charge is 0.479 e. The zero-order valence-corrected chi connectivity index (χ0v) is 18.5. The van der Waals surface area contributed by atoms with Crippen molar-refractivity contribution in [3.05, 3.63) is 64.7 Å². The number of hydrogen-bond acceptors (Lipinski definition) is 5. The molecule has 0 saturated carbocycles. The average Bonchev–Trinajstić information content (AvgIpc) is 2.91. The molecule has 160 valence electrons. The SMILES string of the molecule is CCc1ccc(Cc2ccc(CO)cc2OC2CC(O)CCC(C)S2)cc1.CO. The van der Waals surface area contributed by atoms with Crippen molar-refractivity contribution in [3.63, 3.8) is 0 Å². The van der Waals surface area contributed by atoms with E-state index >= 15 is 0 Å². The van der Waals surface area contributed by atoms with Gasteiger partial charge in [0.1, 0.15) is 11.2 Å². The number of aliphatic hydroxyl groups excluding tert-OH is 3. The van der Waals surface area contributed by atoms with Crippen LogP contribution >= 0.6 is 11.8 Å². The van der Waals surface area contributed by atoms with Crippen LogP contribution in [-0.2, 0) is 19.4 Å². The fourth-order valence-electron chi connectivity index (χ4n) is 3.43. The Morgan fingerprint density at radius 1 is 1.00 bits per heavy atom. The van der Waals surface area contributed by atoms with Crippen LogP contribution in [0.5, 0.6) is 5.75 Å². The van der Waals surface area contributed by atoms with Crippen LogP contribution < -0.4 is 4.74 Å². The normalized spacial score (nSPS) is 21.7. The first-order valence-corrected chi connectivity index (χ1v) is 11.3. The molecule has 0 radical (unpaired) electrons. The van der Waals surface area contributed by atoms with Gasteiger partial charge in [0.25, 0.3) is 0 Å². The van der Waals surface area contributed by atoms with Crippen LogP contribution in [-0.4, -0.2) is 39.2 Å². The van der Waals surface area contributed by atoms with E-state index in [-0.39, 0.29) is 18.1 Å². The van der Waals surface area contributed by atoms with E-state index < -0.39 is 0 Å². The molecule has 3 unspecified atom stereocenters. The number of benzene rings is 2. The van der Waals surface area contributed by atoms with Gasteiger partial charge in [0.2, 0.25) is 0 Å². The standard InChI is InChI=1S/C23H30O3S.CH4O/c1-3-17-5-7-18(8-6-17)12-20-10-9-19(15-24)13-22(20)26-23-14-21(25)11-4-16(2)27-23;1-2/h5-10,13,16,21,23-25H,3-4,11-12,14-15H2,1-2H3;2H,1H3. The Bertz CT molecular complexity index is 720. The summed E-state index contributed by atoms with van der Waals surface area (Å²) in [4.78, 5) is 0. The third kappa shape index (κ3) is 7.34. The summed E-state index contributed by atoms with van der Waals surface area (Å²) in [5, 5.41) is 27.2. The van der Waals surface area contributed by atoms with Gasteiger partial charge in [0.15, 0.2) is 0 Å². The number of aryl methyl sites for hydroxylation is 1. The van der Waals surface area contributed by atoms with Crippen LogP contribution in [0.1, 0.15) is 55.4 Å². The van der Waals surface area contributed by atoms with E-state index in [1.54, 1.807) is 11.8 Å². The van der Waals surface area contributed by atoms with Crippen molar-refractivity contribution in [3.8, 4) is 5.75 Å². The van der Waals surface area contributed by atoms with E-state index in [9.17, 15) is 10.2 Å². The molecule has 0 spiro atoms. The smallest absolute Gasteiger partial charge is 0.147 e. The molecule has 5 heteroatoms. The summed E-state index contributed by atoms with van der Waals surface area (Å²) in [7, 11) is 1.00. The Labute approximate surface area is 178 Å². The zero-order valence-electron chi connectivity index (χ0n) is 17.7. The van der Waals surface area contributed by atoms with Crippen LogP contribution in [0.2, 0.25) is 0 Å². The van der Waals surface area contributed by atoms with Gasteiger partial charge in [-0.1, -0.05) is 50.2 Å². The lowest BCUT2D eigenvalue weighted by atomic mass is 10.0. The highest BCUT2D eigenvalue weighted by Crippen LogP contribution is 2.34. The maximum atomic E-state index is 10.2. The molecule has 3 rings (SSSR count). The van der Waals surface area contributed by atoms with Gasteiger partial charge in [-0.3, -0.25) is 0 Å². The topological polar surface area (TPSA) is 69.9 Å². The van der Waals surface area contributed by atoms with E-state index in [1.165, 1.54) is 11.1 Å². The highest BCUT2D eigenvalue weighted by Gasteiger charge is 2.25. The molecule has 2 aromatic rings. The molecule has 0 amide bonds. The molecule has 29 heavy (non-hydrogen) atoms. The number of thioether (sulfide) groups is 1. The molecule has 1 aliphatic rings. The monoisotopic (exact) mass is 418 g/mol. The fraction of sp³-hybridized carbons (Fsp3) is 0.500. The van der Waals surface area contributed by atoms with Crippen molar-refractivity contribution < 1.29 is 20.1 Å². The predicted octanol–water partition coefficient (Wildman–Crippen LogP) is 4.31. The van der Waals surface area contributed by atoms with Crippen molar-refractivity contribution in [1.29, 1.82) is 0 Å². The first-order valence-electron chi connectivity index (χ1n) is 10.3. The molecule has 0 aliphatic carbocycles. The molecule has 1 aliphatic heterocycles. The first kappa shape index (κ1) is 23.7. The summed E-state index contributed by atoms with van der Waals surface area (Å²) >= 11 is 1.79. The fourth-order valence-corrected chi connectivity index (χ4v) is 4.72. The van der Waals surface area contributed by atoms with Gasteiger partial charge in [0.05, 0.1) is 12.7 Å². The van der Waals surface area contributed by atoms with Crippen molar-refractivity contribution in [1.82, 2.24) is 0 Å². The van der Waals surface area contributed by atoms with Crippen molar-refractivity contribution in [2.75, 3.05) is 7.11 Å². The maximum absolute atomic E-state index is 10.2. The van der Waals surface area contributed by atoms with Gasteiger partial charge >= 0.3 is 0 Å². The van der Waals surface area contributed by atoms with Gasteiger partial charge in [-0.2, -0.15) is 0 Å². The van der Waals surface area contributed by atoms with Crippen LogP contribution in [0.15, 0.2) is 42.5 Å². The number of rotatable bonds is 6. The second-order valence-corrected chi connectivity index (χ2v) is 9.01. The third-order valence-electron chi connectivity index (χ3n) is 5.15. The van der Waals surface area contributed by atoms with Gasteiger partial charge in [-0.05, 0) is 47.6 Å². The molecule has 0 aromatic heterocycles. The molecule has 2 aromatic carbocycles. The maximum Gasteiger partial charge on any atom is 0.147 e.